The summed E-state index contributed by atoms with van der Waals surface area (Å²) in [7, 11) is 0. The number of hydrogen-bond acceptors (Lipinski definition) is 3. The van der Waals surface area contributed by atoms with Crippen molar-refractivity contribution >= 4 is 5.69 Å². The summed E-state index contributed by atoms with van der Waals surface area (Å²) in [6.07, 6.45) is 2.85. The maximum absolute atomic E-state index is 8.87. The average molecular weight is 217 g/mol. The standard InChI is InChI=1S/C13H19N3/c1-2-4-13(10-14)16-8-7-11-5-3-6-12(15)9-11/h3,5-6,9,13,16H,2,4,7-8,15H2,1H3. The van der Waals surface area contributed by atoms with Crippen LogP contribution in [0.3, 0.4) is 0 Å². The van der Waals surface area contributed by atoms with E-state index in [9.17, 15) is 0 Å². The highest BCUT2D eigenvalue weighted by Gasteiger charge is 2.03. The van der Waals surface area contributed by atoms with Gasteiger partial charge in [0.2, 0.25) is 0 Å². The summed E-state index contributed by atoms with van der Waals surface area (Å²) in [6.45, 7) is 2.91. The third kappa shape index (κ3) is 4.33. The van der Waals surface area contributed by atoms with Gasteiger partial charge in [0.25, 0.3) is 0 Å². The molecule has 1 aromatic carbocycles. The molecule has 0 amide bonds. The number of anilines is 1. The van der Waals surface area contributed by atoms with Crippen LogP contribution < -0.4 is 11.1 Å². The molecular formula is C13H19N3. The summed E-state index contributed by atoms with van der Waals surface area (Å²) < 4.78 is 0. The molecule has 0 aromatic heterocycles. The predicted octanol–water partition coefficient (Wildman–Crippen LogP) is 2.09. The molecule has 0 saturated carbocycles. The van der Waals surface area contributed by atoms with Gasteiger partial charge in [0.05, 0.1) is 12.1 Å². The Balaban J connectivity index is 2.32. The molecule has 3 heteroatoms. The lowest BCUT2D eigenvalue weighted by molar-refractivity contribution is 0.560. The monoisotopic (exact) mass is 217 g/mol. The Morgan fingerprint density at radius 1 is 1.50 bits per heavy atom. The molecule has 0 radical (unpaired) electrons. The molecule has 1 aromatic rings. The first-order valence-corrected chi connectivity index (χ1v) is 5.73. The van der Waals surface area contributed by atoms with E-state index in [4.69, 9.17) is 11.0 Å². The summed E-state index contributed by atoms with van der Waals surface area (Å²) in [4.78, 5) is 0. The molecule has 0 saturated heterocycles. The fraction of sp³-hybridized carbons (Fsp3) is 0.462. The molecule has 1 rings (SSSR count). The Kier molecular flexibility index (Phi) is 5.38. The van der Waals surface area contributed by atoms with Crippen LogP contribution in [0.15, 0.2) is 24.3 Å². The zero-order chi connectivity index (χ0) is 11.8. The van der Waals surface area contributed by atoms with Gasteiger partial charge in [-0.15, -0.1) is 0 Å². The Hall–Kier alpha value is -1.53. The van der Waals surface area contributed by atoms with Crippen LogP contribution in [0.2, 0.25) is 0 Å². The Labute approximate surface area is 97.3 Å². The van der Waals surface area contributed by atoms with E-state index in [1.807, 2.05) is 18.2 Å². The topological polar surface area (TPSA) is 61.8 Å². The van der Waals surface area contributed by atoms with Crippen molar-refractivity contribution in [3.8, 4) is 6.07 Å². The number of hydrogen-bond donors (Lipinski definition) is 2. The molecule has 0 aliphatic rings. The lowest BCUT2D eigenvalue weighted by Gasteiger charge is -2.10. The number of nitrogens with zero attached hydrogens (tertiary/aromatic N) is 1. The molecule has 1 unspecified atom stereocenters. The highest BCUT2D eigenvalue weighted by molar-refractivity contribution is 5.40. The van der Waals surface area contributed by atoms with Gasteiger partial charge in [-0.05, 0) is 30.5 Å². The lowest BCUT2D eigenvalue weighted by Crippen LogP contribution is -2.29. The van der Waals surface area contributed by atoms with Gasteiger partial charge in [-0.2, -0.15) is 5.26 Å². The molecule has 0 heterocycles. The van der Waals surface area contributed by atoms with E-state index in [2.05, 4.69) is 24.4 Å². The molecule has 0 aliphatic heterocycles. The SMILES string of the molecule is CCCC(C#N)NCCc1cccc(N)c1. The highest BCUT2D eigenvalue weighted by atomic mass is 14.9. The maximum atomic E-state index is 8.87. The zero-order valence-electron chi connectivity index (χ0n) is 9.74. The van der Waals surface area contributed by atoms with E-state index < -0.39 is 0 Å². The van der Waals surface area contributed by atoms with Crippen molar-refractivity contribution in [1.29, 1.82) is 5.26 Å². The molecule has 16 heavy (non-hydrogen) atoms. The van der Waals surface area contributed by atoms with Crippen LogP contribution in [0.25, 0.3) is 0 Å². The number of nitrogen functional groups attached to an aromatic ring is 1. The van der Waals surface area contributed by atoms with Gasteiger partial charge >= 0.3 is 0 Å². The second kappa shape index (κ2) is 6.86. The van der Waals surface area contributed by atoms with Crippen molar-refractivity contribution in [2.24, 2.45) is 0 Å². The third-order valence-corrected chi connectivity index (χ3v) is 2.49. The largest absolute Gasteiger partial charge is 0.399 e. The molecule has 0 aliphatic carbocycles. The number of nitriles is 1. The van der Waals surface area contributed by atoms with Crippen LogP contribution in [-0.2, 0) is 6.42 Å². The molecule has 1 atom stereocenters. The van der Waals surface area contributed by atoms with Crippen LogP contribution in [0.4, 0.5) is 5.69 Å². The van der Waals surface area contributed by atoms with Crippen molar-refractivity contribution in [1.82, 2.24) is 5.32 Å². The van der Waals surface area contributed by atoms with Crippen LogP contribution in [0, 0.1) is 11.3 Å². The minimum atomic E-state index is -0.0222. The van der Waals surface area contributed by atoms with E-state index in [0.29, 0.717) is 0 Å². The average Bonchev–Trinajstić information content (AvgIpc) is 2.28. The summed E-state index contributed by atoms with van der Waals surface area (Å²) in [5.74, 6) is 0. The minimum Gasteiger partial charge on any atom is -0.399 e. The fourth-order valence-electron chi connectivity index (χ4n) is 1.64. The van der Waals surface area contributed by atoms with E-state index in [-0.39, 0.29) is 6.04 Å². The van der Waals surface area contributed by atoms with Crippen molar-refractivity contribution in [3.05, 3.63) is 29.8 Å². The normalized spacial score (nSPS) is 12.0. The van der Waals surface area contributed by atoms with E-state index >= 15 is 0 Å². The van der Waals surface area contributed by atoms with Crippen molar-refractivity contribution in [2.45, 2.75) is 32.2 Å². The van der Waals surface area contributed by atoms with Crippen molar-refractivity contribution < 1.29 is 0 Å². The quantitative estimate of drug-likeness (QED) is 0.717. The van der Waals surface area contributed by atoms with Gasteiger partial charge in [0.15, 0.2) is 0 Å². The molecule has 0 spiro atoms. The lowest BCUT2D eigenvalue weighted by atomic mass is 10.1. The fourth-order valence-corrected chi connectivity index (χ4v) is 1.64. The first-order valence-electron chi connectivity index (χ1n) is 5.73. The first-order chi connectivity index (χ1) is 7.76. The molecule has 0 fully saturated rings. The predicted molar refractivity (Wildman–Crippen MR) is 66.9 cm³/mol. The Morgan fingerprint density at radius 2 is 2.31 bits per heavy atom. The van der Waals surface area contributed by atoms with E-state index in [1.165, 1.54) is 5.56 Å². The number of benzene rings is 1. The van der Waals surface area contributed by atoms with Gasteiger partial charge in [0, 0.05) is 12.2 Å². The summed E-state index contributed by atoms with van der Waals surface area (Å²) in [5.41, 5.74) is 7.69. The number of rotatable bonds is 6. The summed E-state index contributed by atoms with van der Waals surface area (Å²) >= 11 is 0. The Bertz CT molecular complexity index is 354. The van der Waals surface area contributed by atoms with Gasteiger partial charge in [-0.1, -0.05) is 25.5 Å². The van der Waals surface area contributed by atoms with Gasteiger partial charge in [-0.25, -0.2) is 0 Å². The van der Waals surface area contributed by atoms with Crippen LogP contribution in [0.1, 0.15) is 25.3 Å². The molecular weight excluding hydrogens is 198 g/mol. The van der Waals surface area contributed by atoms with Gasteiger partial charge in [-0.3, -0.25) is 0 Å². The van der Waals surface area contributed by atoms with Gasteiger partial charge in [0.1, 0.15) is 0 Å². The van der Waals surface area contributed by atoms with Crippen LogP contribution in [0.5, 0.6) is 0 Å². The van der Waals surface area contributed by atoms with Crippen LogP contribution in [-0.4, -0.2) is 12.6 Å². The molecule has 86 valence electrons. The number of nitrogens with one attached hydrogen (secondary N) is 1. The van der Waals surface area contributed by atoms with Gasteiger partial charge < -0.3 is 11.1 Å². The zero-order valence-corrected chi connectivity index (χ0v) is 9.74. The second-order valence-electron chi connectivity index (χ2n) is 3.92. The molecule has 3 nitrogen and oxygen atoms in total. The smallest absolute Gasteiger partial charge is 0.0953 e. The molecule has 3 N–H and O–H groups in total. The molecule has 0 bridgehead atoms. The van der Waals surface area contributed by atoms with E-state index in [0.717, 1.165) is 31.5 Å². The Morgan fingerprint density at radius 3 is 2.94 bits per heavy atom. The summed E-state index contributed by atoms with van der Waals surface area (Å²) in [6, 6.07) is 10.1. The van der Waals surface area contributed by atoms with Crippen molar-refractivity contribution in [3.63, 3.8) is 0 Å². The van der Waals surface area contributed by atoms with Crippen LogP contribution >= 0.6 is 0 Å². The van der Waals surface area contributed by atoms with Crippen molar-refractivity contribution in [2.75, 3.05) is 12.3 Å². The minimum absolute atomic E-state index is 0.0222. The maximum Gasteiger partial charge on any atom is 0.0953 e. The first kappa shape index (κ1) is 12.5. The number of nitrogens with two attached hydrogens (primary N) is 1. The highest BCUT2D eigenvalue weighted by Crippen LogP contribution is 2.06. The second-order valence-corrected chi connectivity index (χ2v) is 3.92. The summed E-state index contributed by atoms with van der Waals surface area (Å²) in [5, 5.41) is 12.1. The van der Waals surface area contributed by atoms with E-state index in [1.54, 1.807) is 0 Å². The third-order valence-electron chi connectivity index (χ3n) is 2.49.